The highest BCUT2D eigenvalue weighted by atomic mass is 32.2. The molecule has 2 aromatic carbocycles. The fourth-order valence-corrected chi connectivity index (χ4v) is 3.34. The Morgan fingerprint density at radius 1 is 0.917 bits per heavy atom. The Hall–Kier alpha value is -2.05. The summed E-state index contributed by atoms with van der Waals surface area (Å²) < 4.78 is 38.1. The number of ether oxygens (including phenoxy) is 2. The molecule has 0 unspecified atom stereocenters. The average molecular weight is 349 g/mol. The number of nitrogens with one attached hydrogen (secondary N) is 1. The van der Waals surface area contributed by atoms with E-state index in [-0.39, 0.29) is 10.9 Å². The number of rotatable bonds is 8. The molecule has 1 N–H and O–H groups in total. The topological polar surface area (TPSA) is 64.6 Å². The Morgan fingerprint density at radius 2 is 1.42 bits per heavy atom. The van der Waals surface area contributed by atoms with Crippen LogP contribution in [0.25, 0.3) is 0 Å². The van der Waals surface area contributed by atoms with E-state index < -0.39 is 10.0 Å². The van der Waals surface area contributed by atoms with Crippen LogP contribution >= 0.6 is 0 Å². The molecule has 0 radical (unpaired) electrons. The highest BCUT2D eigenvalue weighted by molar-refractivity contribution is 7.89. The Morgan fingerprint density at radius 3 is 1.92 bits per heavy atom. The second-order valence-electron chi connectivity index (χ2n) is 5.41. The van der Waals surface area contributed by atoms with E-state index in [9.17, 15) is 8.42 Å². The number of benzene rings is 2. The van der Waals surface area contributed by atoms with Gasteiger partial charge in [-0.05, 0) is 68.8 Å². The zero-order valence-electron chi connectivity index (χ0n) is 14.2. The van der Waals surface area contributed by atoms with Crippen LogP contribution < -0.4 is 14.2 Å². The molecule has 0 fully saturated rings. The SMILES string of the molecule is CCOc1ccc(Oc2ccc(S(=O)(=O)N[C@H](C)CC)cc2)cc1. The van der Waals surface area contributed by atoms with Crippen LogP contribution in [0, 0.1) is 0 Å². The summed E-state index contributed by atoms with van der Waals surface area (Å²) in [5.41, 5.74) is 0. The van der Waals surface area contributed by atoms with E-state index in [0.29, 0.717) is 18.1 Å². The molecule has 0 heterocycles. The molecule has 0 aliphatic carbocycles. The average Bonchev–Trinajstić information content (AvgIpc) is 2.57. The summed E-state index contributed by atoms with van der Waals surface area (Å²) in [6, 6.07) is 13.5. The number of hydrogen-bond donors (Lipinski definition) is 1. The Kier molecular flexibility index (Phi) is 6.23. The van der Waals surface area contributed by atoms with Crippen LogP contribution in [0.1, 0.15) is 27.2 Å². The summed E-state index contributed by atoms with van der Waals surface area (Å²) >= 11 is 0. The minimum absolute atomic E-state index is 0.102. The molecule has 0 aliphatic rings. The molecule has 0 bridgehead atoms. The van der Waals surface area contributed by atoms with Gasteiger partial charge in [0.2, 0.25) is 10.0 Å². The third-order valence-electron chi connectivity index (χ3n) is 3.47. The van der Waals surface area contributed by atoms with Crippen molar-refractivity contribution in [2.75, 3.05) is 6.61 Å². The summed E-state index contributed by atoms with van der Waals surface area (Å²) in [5.74, 6) is 2.01. The lowest BCUT2D eigenvalue weighted by Crippen LogP contribution is -2.31. The monoisotopic (exact) mass is 349 g/mol. The molecule has 0 saturated heterocycles. The van der Waals surface area contributed by atoms with E-state index in [2.05, 4.69) is 4.72 Å². The molecule has 0 amide bonds. The predicted molar refractivity (Wildman–Crippen MR) is 94.2 cm³/mol. The molecular weight excluding hydrogens is 326 g/mol. The zero-order valence-corrected chi connectivity index (χ0v) is 15.0. The second-order valence-corrected chi connectivity index (χ2v) is 7.12. The first kappa shape index (κ1) is 18.3. The molecule has 0 spiro atoms. The third kappa shape index (κ3) is 4.97. The van der Waals surface area contributed by atoms with Gasteiger partial charge >= 0.3 is 0 Å². The van der Waals surface area contributed by atoms with Crippen LogP contribution in [-0.2, 0) is 10.0 Å². The number of hydrogen-bond acceptors (Lipinski definition) is 4. The highest BCUT2D eigenvalue weighted by Gasteiger charge is 2.16. The summed E-state index contributed by atoms with van der Waals surface area (Å²) in [7, 11) is -3.50. The molecule has 0 aliphatic heterocycles. The number of sulfonamides is 1. The van der Waals surface area contributed by atoms with Crippen molar-refractivity contribution in [3.8, 4) is 17.2 Å². The van der Waals surface area contributed by atoms with Gasteiger partial charge in [-0.3, -0.25) is 0 Å². The van der Waals surface area contributed by atoms with Crippen molar-refractivity contribution in [2.45, 2.75) is 38.1 Å². The second kappa shape index (κ2) is 8.17. The predicted octanol–water partition coefficient (Wildman–Crippen LogP) is 3.95. The molecule has 130 valence electrons. The van der Waals surface area contributed by atoms with Crippen molar-refractivity contribution >= 4 is 10.0 Å². The lowest BCUT2D eigenvalue weighted by molar-refractivity contribution is 0.339. The van der Waals surface area contributed by atoms with Crippen LogP contribution in [0.4, 0.5) is 0 Å². The van der Waals surface area contributed by atoms with Gasteiger partial charge in [-0.15, -0.1) is 0 Å². The van der Waals surface area contributed by atoms with E-state index in [1.54, 1.807) is 24.3 Å². The molecule has 24 heavy (non-hydrogen) atoms. The van der Waals surface area contributed by atoms with Gasteiger partial charge in [-0.1, -0.05) is 6.92 Å². The maximum Gasteiger partial charge on any atom is 0.240 e. The van der Waals surface area contributed by atoms with Crippen molar-refractivity contribution in [1.82, 2.24) is 4.72 Å². The van der Waals surface area contributed by atoms with Crippen molar-refractivity contribution in [3.63, 3.8) is 0 Å². The van der Waals surface area contributed by atoms with Gasteiger partial charge < -0.3 is 9.47 Å². The van der Waals surface area contributed by atoms with Gasteiger partial charge in [0.05, 0.1) is 11.5 Å². The zero-order chi connectivity index (χ0) is 17.6. The summed E-state index contributed by atoms with van der Waals surface area (Å²) in [5, 5.41) is 0. The molecule has 0 saturated carbocycles. The van der Waals surface area contributed by atoms with Crippen LogP contribution in [-0.4, -0.2) is 21.1 Å². The first-order chi connectivity index (χ1) is 11.4. The summed E-state index contributed by atoms with van der Waals surface area (Å²) in [6.07, 6.45) is 0.734. The maximum absolute atomic E-state index is 12.2. The third-order valence-corrected chi connectivity index (χ3v) is 5.08. The van der Waals surface area contributed by atoms with Gasteiger partial charge in [0.25, 0.3) is 0 Å². The van der Waals surface area contributed by atoms with E-state index >= 15 is 0 Å². The lowest BCUT2D eigenvalue weighted by Gasteiger charge is -2.12. The smallest absolute Gasteiger partial charge is 0.240 e. The van der Waals surface area contributed by atoms with Crippen LogP contribution in [0.5, 0.6) is 17.2 Å². The van der Waals surface area contributed by atoms with Crippen LogP contribution in [0.15, 0.2) is 53.4 Å². The van der Waals surface area contributed by atoms with Gasteiger partial charge in [-0.2, -0.15) is 0 Å². The lowest BCUT2D eigenvalue weighted by atomic mass is 10.3. The van der Waals surface area contributed by atoms with Gasteiger partial charge in [-0.25, -0.2) is 13.1 Å². The van der Waals surface area contributed by atoms with Crippen molar-refractivity contribution in [3.05, 3.63) is 48.5 Å². The van der Waals surface area contributed by atoms with E-state index in [4.69, 9.17) is 9.47 Å². The first-order valence-corrected chi connectivity index (χ1v) is 9.46. The molecule has 2 aromatic rings. The standard InChI is InChI=1S/C18H23NO4S/c1-4-14(3)19-24(20,21)18-12-10-17(11-13-18)23-16-8-6-15(7-9-16)22-5-2/h6-14,19H,4-5H2,1-3H3/t14-/m1/s1. The Bertz CT molecular complexity index is 740. The minimum atomic E-state index is -3.50. The van der Waals surface area contributed by atoms with Crippen molar-refractivity contribution in [2.24, 2.45) is 0 Å². The first-order valence-electron chi connectivity index (χ1n) is 7.97. The fourth-order valence-electron chi connectivity index (χ4n) is 2.01. The quantitative estimate of drug-likeness (QED) is 0.783. The van der Waals surface area contributed by atoms with Gasteiger partial charge in [0.1, 0.15) is 17.2 Å². The van der Waals surface area contributed by atoms with Gasteiger partial charge in [0, 0.05) is 6.04 Å². The highest BCUT2D eigenvalue weighted by Crippen LogP contribution is 2.25. The van der Waals surface area contributed by atoms with Crippen molar-refractivity contribution in [1.29, 1.82) is 0 Å². The van der Waals surface area contributed by atoms with Crippen LogP contribution in [0.3, 0.4) is 0 Å². The van der Waals surface area contributed by atoms with Crippen LogP contribution in [0.2, 0.25) is 0 Å². The molecule has 0 aromatic heterocycles. The molecule has 6 heteroatoms. The van der Waals surface area contributed by atoms with Gasteiger partial charge in [0.15, 0.2) is 0 Å². The molecule has 5 nitrogen and oxygen atoms in total. The summed E-state index contributed by atoms with van der Waals surface area (Å²) in [6.45, 7) is 6.30. The Balaban J connectivity index is 2.06. The minimum Gasteiger partial charge on any atom is -0.494 e. The normalized spacial score (nSPS) is 12.6. The molecule has 2 rings (SSSR count). The Labute approximate surface area is 143 Å². The largest absolute Gasteiger partial charge is 0.494 e. The van der Waals surface area contributed by atoms with E-state index in [0.717, 1.165) is 12.2 Å². The summed E-state index contributed by atoms with van der Waals surface area (Å²) in [4.78, 5) is 0.224. The molecular formula is C18H23NO4S. The van der Waals surface area contributed by atoms with E-state index in [1.807, 2.05) is 32.9 Å². The molecule has 1 atom stereocenters. The van der Waals surface area contributed by atoms with E-state index in [1.165, 1.54) is 12.1 Å². The maximum atomic E-state index is 12.2. The van der Waals surface area contributed by atoms with Crippen molar-refractivity contribution < 1.29 is 17.9 Å². The fraction of sp³-hybridized carbons (Fsp3) is 0.333.